The molecule has 20 nitrogen and oxygen atoms in total. The number of methoxy groups -OCH3 is 6. The van der Waals surface area contributed by atoms with E-state index in [1.807, 2.05) is 201 Å². The second-order valence-electron chi connectivity index (χ2n) is 6.12. The number of rotatable bonds is 13. The predicted octanol–water partition coefficient (Wildman–Crippen LogP) is 18.9. The molecule has 568 valence electrons. The van der Waals surface area contributed by atoms with E-state index in [1.54, 1.807) is 27.7 Å². The first-order valence-corrected chi connectivity index (χ1v) is 28.0. The highest BCUT2D eigenvalue weighted by Gasteiger charge is 1.98. The van der Waals surface area contributed by atoms with Gasteiger partial charge < -0.3 is 83.2 Å². The van der Waals surface area contributed by atoms with Gasteiger partial charge in [0.1, 0.15) is 26.0 Å². The van der Waals surface area contributed by atoms with Gasteiger partial charge in [-0.25, -0.2) is 4.79 Å². The summed E-state index contributed by atoms with van der Waals surface area (Å²) in [7, 11) is 12.7. The second-order valence-corrected chi connectivity index (χ2v) is 6.12. The molecule has 0 aliphatic rings. The van der Waals surface area contributed by atoms with Gasteiger partial charge in [-0.05, 0) is 13.8 Å². The Balaban J connectivity index is -0.0000000109. The Labute approximate surface area is 545 Å². The molecule has 0 unspecified atom stereocenters. The van der Waals surface area contributed by atoms with Crippen molar-refractivity contribution < 1.29 is 97.6 Å². The lowest BCUT2D eigenvalue weighted by Crippen LogP contribution is -2.12. The van der Waals surface area contributed by atoms with E-state index in [2.05, 4.69) is 42.6 Å². The van der Waals surface area contributed by atoms with Crippen LogP contribution < -0.4 is 0 Å². The average molecular weight is 1290 g/mol. The minimum atomic E-state index is -0.417. The third-order valence-electron chi connectivity index (χ3n) is 2.61. The zero-order chi connectivity index (χ0) is 69.7. The number of hydrogen-bond acceptors (Lipinski definition) is 20. The van der Waals surface area contributed by atoms with Gasteiger partial charge in [-0.15, -0.1) is 0 Å². The molecule has 20 heteroatoms. The van der Waals surface area contributed by atoms with E-state index < -0.39 is 5.97 Å². The fourth-order valence-electron chi connectivity index (χ4n) is 0.738. The fraction of sp³-hybridized carbons (Fsp3) is 0.938. The van der Waals surface area contributed by atoms with E-state index in [9.17, 15) is 19.2 Å². The molecule has 0 atom stereocenters. The molecule has 0 amide bonds. The summed E-state index contributed by atoms with van der Waals surface area (Å²) in [5.41, 5.74) is 0. The van der Waals surface area contributed by atoms with Crippen molar-refractivity contribution in [1.82, 2.24) is 0 Å². The van der Waals surface area contributed by atoms with Crippen LogP contribution in [0.15, 0.2) is 0 Å². The van der Waals surface area contributed by atoms with Crippen LogP contribution in [0.25, 0.3) is 0 Å². The Morgan fingerprint density at radius 3 is 0.459 bits per heavy atom. The lowest BCUT2D eigenvalue weighted by Gasteiger charge is -1.99. The molecule has 0 radical (unpaired) electrons. The van der Waals surface area contributed by atoms with Crippen LogP contribution in [0.5, 0.6) is 0 Å². The molecule has 7 N–H and O–H groups in total. The summed E-state index contributed by atoms with van der Waals surface area (Å²) in [6, 6.07) is 0. The van der Waals surface area contributed by atoms with Crippen molar-refractivity contribution in [3.8, 4) is 0 Å². The van der Waals surface area contributed by atoms with Crippen LogP contribution in [0.2, 0.25) is 0 Å². The van der Waals surface area contributed by atoms with Gasteiger partial charge in [0.25, 0.3) is 0 Å². The van der Waals surface area contributed by atoms with Gasteiger partial charge in [0.15, 0.2) is 20.4 Å². The molecule has 0 aliphatic heterocycles. The van der Waals surface area contributed by atoms with E-state index in [1.165, 1.54) is 42.7 Å². The predicted molar refractivity (Wildman–Crippen MR) is 394 cm³/mol. The van der Waals surface area contributed by atoms with E-state index >= 15 is 0 Å². The maximum absolute atomic E-state index is 10.4. The first kappa shape index (κ1) is 224. The Morgan fingerprint density at radius 2 is 0.388 bits per heavy atom. The molecule has 0 heterocycles. The molecule has 0 aromatic rings. The largest absolute Gasteiger partial charge is 0.438 e. The molecule has 0 aromatic heterocycles. The second kappa shape index (κ2) is 649. The van der Waals surface area contributed by atoms with Crippen molar-refractivity contribution in [1.29, 1.82) is 0 Å². The summed E-state index contributed by atoms with van der Waals surface area (Å²) in [5, 5.41) is 50.9. The summed E-state index contributed by atoms with van der Waals surface area (Å²) in [5.74, 6) is -0.622. The van der Waals surface area contributed by atoms with Crippen molar-refractivity contribution in [2.75, 3.05) is 118 Å². The van der Waals surface area contributed by atoms with Crippen LogP contribution in [-0.2, 0) is 61.8 Å². The lowest BCUT2D eigenvalue weighted by atomic mass is 10.4. The van der Waals surface area contributed by atoms with E-state index in [-0.39, 0.29) is 124 Å². The highest BCUT2D eigenvalue weighted by atomic mass is 16.7. The molecular formula is C65H188O20. The number of esters is 3. The normalized spacial score (nSPS) is 5.25. The van der Waals surface area contributed by atoms with Gasteiger partial charge in [0, 0.05) is 97.0 Å². The standard InChI is InChI=1S/C5H10O4.2C5H10O3.C4H8O.2C2H6O2.C2H6O.14C2H6.4CH4O.8CH4/c1-7-3-5(6)9-4-8-2;2*1-3-5(6)8-4-7-2;1-3-4(2)5;2*1-4-2-3;1-2-3;18*1-2;;;;;;;;/h3-4H2,1-2H3;2*3-4H2,1-2H3;3H2,1-2H3;2*3H,2H2,1H3;3H,2H2,1H3;14*1-2H3;4*2H,1H3;8*1H4. The van der Waals surface area contributed by atoms with Crippen molar-refractivity contribution in [2.45, 2.75) is 307 Å². The van der Waals surface area contributed by atoms with E-state index in [0.717, 1.165) is 28.4 Å². The van der Waals surface area contributed by atoms with Crippen molar-refractivity contribution >= 4 is 23.7 Å². The molecule has 0 spiro atoms. The summed E-state index contributed by atoms with van der Waals surface area (Å²) in [6.07, 6.45) is 1.48. The number of aliphatic hydroxyl groups is 7. The summed E-state index contributed by atoms with van der Waals surface area (Å²) >= 11 is 0. The van der Waals surface area contributed by atoms with Crippen LogP contribution in [0.3, 0.4) is 0 Å². The minimum Gasteiger partial charge on any atom is -0.438 e. The smallest absolute Gasteiger partial charge is 0.334 e. The van der Waals surface area contributed by atoms with Crippen molar-refractivity contribution in [3.05, 3.63) is 0 Å². The quantitative estimate of drug-likeness (QED) is 0.0512. The molecule has 0 saturated heterocycles. The molecule has 0 fully saturated rings. The number of ether oxygens (including phenoxy) is 9. The summed E-state index contributed by atoms with van der Waals surface area (Å²) in [4.78, 5) is 40.7. The molecule has 0 bridgehead atoms. The van der Waals surface area contributed by atoms with Gasteiger partial charge in [0.2, 0.25) is 0 Å². The van der Waals surface area contributed by atoms with Crippen molar-refractivity contribution in [2.24, 2.45) is 0 Å². The van der Waals surface area contributed by atoms with Crippen LogP contribution in [0.1, 0.15) is 307 Å². The van der Waals surface area contributed by atoms with E-state index in [4.69, 9.17) is 35.7 Å². The Morgan fingerprint density at radius 1 is 0.271 bits per heavy atom. The van der Waals surface area contributed by atoms with Gasteiger partial charge in [-0.2, -0.15) is 0 Å². The van der Waals surface area contributed by atoms with Crippen LogP contribution in [0.4, 0.5) is 0 Å². The zero-order valence-electron chi connectivity index (χ0n) is 60.5. The SMILES string of the molecule is C.C.C.C.C.C.C.C.CC.CC.CC.CC.CC.CC.CC.CC.CC.CC.CC.CC.CC.CC.CCC(=O)OCOC.CCC(=O)OCOC.CCC(C)=O.CCO.CO.CO.CO.CO.COCO.COCO.COCOC(=O)COC. The highest BCUT2D eigenvalue weighted by Crippen LogP contribution is 1.83. The molecular weight excluding hydrogens is 1100 g/mol. The maximum atomic E-state index is 10.4. The number of ketones is 1. The topological polar surface area (TPSA) is 293 Å². The third kappa shape index (κ3) is 1220. The molecule has 85 heavy (non-hydrogen) atoms. The average Bonchev–Trinajstić information content (AvgIpc) is 3.56. The van der Waals surface area contributed by atoms with Crippen LogP contribution >= 0.6 is 0 Å². The minimum absolute atomic E-state index is 0. The van der Waals surface area contributed by atoms with Gasteiger partial charge in [0.05, 0.1) is 0 Å². The Bertz CT molecular complexity index is 490. The maximum Gasteiger partial charge on any atom is 0.334 e. The third-order valence-corrected chi connectivity index (χ3v) is 2.61. The highest BCUT2D eigenvalue weighted by molar-refractivity contribution is 5.74. The number of aliphatic hydroxyl groups excluding tert-OH is 7. The molecule has 0 aliphatic carbocycles. The van der Waals surface area contributed by atoms with Gasteiger partial charge in [-0.1, -0.05) is 274 Å². The number of Topliss-reactive ketones (excluding diaryl/α,β-unsaturated/α-hetero) is 1. The Kier molecular flexibility index (Phi) is 1710. The molecule has 0 rings (SSSR count). The number of carbonyl (C=O) groups excluding carboxylic acids is 4. The van der Waals surface area contributed by atoms with E-state index in [0.29, 0.717) is 19.3 Å². The summed E-state index contributed by atoms with van der Waals surface area (Å²) < 4.78 is 39.5. The Hall–Kier alpha value is -2.44. The lowest BCUT2D eigenvalue weighted by molar-refractivity contribution is -0.158. The molecule has 0 aromatic carbocycles. The summed E-state index contributed by atoms with van der Waals surface area (Å²) in [6.45, 7) is 64.6. The first-order chi connectivity index (χ1) is 37.4. The monoisotopic (exact) mass is 1290 g/mol. The first-order valence-electron chi connectivity index (χ1n) is 28.0. The van der Waals surface area contributed by atoms with Crippen LogP contribution in [0, 0.1) is 0 Å². The number of carbonyl (C=O) groups is 4. The fourth-order valence-corrected chi connectivity index (χ4v) is 0.738. The van der Waals surface area contributed by atoms with Gasteiger partial charge >= 0.3 is 17.9 Å². The van der Waals surface area contributed by atoms with Gasteiger partial charge in [-0.3, -0.25) is 9.59 Å². The van der Waals surface area contributed by atoms with Crippen molar-refractivity contribution in [3.63, 3.8) is 0 Å². The number of hydrogen-bond donors (Lipinski definition) is 7. The van der Waals surface area contributed by atoms with Crippen LogP contribution in [-0.4, -0.2) is 178 Å². The zero-order valence-corrected chi connectivity index (χ0v) is 60.5. The molecule has 0 saturated carbocycles.